The zero-order chi connectivity index (χ0) is 13.8. The quantitative estimate of drug-likeness (QED) is 0.819. The van der Waals surface area contributed by atoms with Crippen LogP contribution in [0.3, 0.4) is 0 Å². The van der Waals surface area contributed by atoms with Crippen LogP contribution in [0.1, 0.15) is 54.1 Å². The molecule has 1 saturated heterocycles. The van der Waals surface area contributed by atoms with Crippen LogP contribution in [-0.4, -0.2) is 31.3 Å². The summed E-state index contributed by atoms with van der Waals surface area (Å²) in [6.07, 6.45) is 7.44. The van der Waals surface area contributed by atoms with Crippen LogP contribution in [-0.2, 0) is 17.6 Å². The van der Waals surface area contributed by atoms with Gasteiger partial charge < -0.3 is 10.1 Å². The minimum atomic E-state index is 0.648. The Morgan fingerprint density at radius 3 is 3.15 bits per heavy atom. The van der Waals surface area contributed by atoms with Crippen molar-refractivity contribution in [3.63, 3.8) is 0 Å². The monoisotopic (exact) mass is 294 g/mol. The molecule has 1 aromatic rings. The molecule has 3 nitrogen and oxygen atoms in total. The maximum Gasteiger partial charge on any atom is 0.0934 e. The Balaban J connectivity index is 1.64. The van der Waals surface area contributed by atoms with Crippen LogP contribution >= 0.6 is 11.3 Å². The summed E-state index contributed by atoms with van der Waals surface area (Å²) in [6, 6.07) is 0. The van der Waals surface area contributed by atoms with Crippen molar-refractivity contribution in [1.29, 1.82) is 0 Å². The van der Waals surface area contributed by atoms with Gasteiger partial charge in [0, 0.05) is 37.0 Å². The molecule has 2 atom stereocenters. The molecule has 1 aromatic heterocycles. The van der Waals surface area contributed by atoms with E-state index in [2.05, 4.69) is 12.2 Å². The SMILES string of the molecule is CCCNCC1CCCc2sc(CC3CCOC3)nc21. The molecule has 4 heteroatoms. The molecular formula is C16H26N2OS. The molecule has 2 aliphatic rings. The van der Waals surface area contributed by atoms with Crippen LogP contribution in [0.4, 0.5) is 0 Å². The minimum absolute atomic E-state index is 0.648. The molecule has 1 N–H and O–H groups in total. The van der Waals surface area contributed by atoms with Crippen LogP contribution in [0, 0.1) is 5.92 Å². The fourth-order valence-electron chi connectivity index (χ4n) is 3.29. The first-order valence-corrected chi connectivity index (χ1v) is 8.95. The molecular weight excluding hydrogens is 268 g/mol. The van der Waals surface area contributed by atoms with Gasteiger partial charge in [-0.2, -0.15) is 0 Å². The number of nitrogens with zero attached hydrogens (tertiary/aromatic N) is 1. The fourth-order valence-corrected chi connectivity index (χ4v) is 4.60. The van der Waals surface area contributed by atoms with Crippen molar-refractivity contribution in [2.75, 3.05) is 26.3 Å². The van der Waals surface area contributed by atoms with Crippen LogP contribution < -0.4 is 5.32 Å². The highest BCUT2D eigenvalue weighted by Gasteiger charge is 2.26. The number of thiazole rings is 1. The summed E-state index contributed by atoms with van der Waals surface area (Å²) >= 11 is 1.97. The first-order chi connectivity index (χ1) is 9.86. The first kappa shape index (κ1) is 14.5. The average Bonchev–Trinajstić information content (AvgIpc) is 3.08. The van der Waals surface area contributed by atoms with Gasteiger partial charge in [0.15, 0.2) is 0 Å². The molecule has 0 amide bonds. The number of rotatable bonds is 6. The Labute approximate surface area is 126 Å². The van der Waals surface area contributed by atoms with Crippen LogP contribution in [0.15, 0.2) is 0 Å². The molecule has 0 spiro atoms. The van der Waals surface area contributed by atoms with E-state index in [1.165, 1.54) is 42.8 Å². The van der Waals surface area contributed by atoms with E-state index in [0.717, 1.165) is 32.7 Å². The van der Waals surface area contributed by atoms with E-state index in [4.69, 9.17) is 9.72 Å². The molecule has 112 valence electrons. The van der Waals surface area contributed by atoms with Crippen LogP contribution in [0.5, 0.6) is 0 Å². The smallest absolute Gasteiger partial charge is 0.0934 e. The molecule has 3 rings (SSSR count). The van der Waals surface area contributed by atoms with Crippen molar-refractivity contribution < 1.29 is 4.74 Å². The number of hydrogen-bond acceptors (Lipinski definition) is 4. The molecule has 0 bridgehead atoms. The van der Waals surface area contributed by atoms with Gasteiger partial charge in [-0.3, -0.25) is 0 Å². The van der Waals surface area contributed by atoms with E-state index in [1.54, 1.807) is 4.88 Å². The highest BCUT2D eigenvalue weighted by Crippen LogP contribution is 2.35. The summed E-state index contributed by atoms with van der Waals surface area (Å²) in [6.45, 7) is 6.34. The lowest BCUT2D eigenvalue weighted by atomic mass is 9.91. The number of aryl methyl sites for hydroxylation is 1. The lowest BCUT2D eigenvalue weighted by Crippen LogP contribution is -2.24. The van der Waals surface area contributed by atoms with Gasteiger partial charge in [-0.15, -0.1) is 11.3 Å². The zero-order valence-corrected chi connectivity index (χ0v) is 13.3. The third kappa shape index (κ3) is 3.41. The van der Waals surface area contributed by atoms with Gasteiger partial charge in [-0.1, -0.05) is 6.92 Å². The van der Waals surface area contributed by atoms with E-state index >= 15 is 0 Å². The van der Waals surface area contributed by atoms with Crippen molar-refractivity contribution in [3.05, 3.63) is 15.6 Å². The Bertz CT molecular complexity index is 426. The van der Waals surface area contributed by atoms with E-state index in [-0.39, 0.29) is 0 Å². The average molecular weight is 294 g/mol. The van der Waals surface area contributed by atoms with Gasteiger partial charge in [0.25, 0.3) is 0 Å². The predicted molar refractivity (Wildman–Crippen MR) is 83.6 cm³/mol. The third-order valence-electron chi connectivity index (χ3n) is 4.42. The van der Waals surface area contributed by atoms with Crippen molar-refractivity contribution in [1.82, 2.24) is 10.3 Å². The highest BCUT2D eigenvalue weighted by molar-refractivity contribution is 7.11. The van der Waals surface area contributed by atoms with Gasteiger partial charge in [0.1, 0.15) is 0 Å². The van der Waals surface area contributed by atoms with Crippen LogP contribution in [0.2, 0.25) is 0 Å². The number of fused-ring (bicyclic) bond motifs is 1. The summed E-state index contributed by atoms with van der Waals surface area (Å²) in [5, 5.41) is 4.93. The van der Waals surface area contributed by atoms with E-state index in [1.807, 2.05) is 11.3 Å². The summed E-state index contributed by atoms with van der Waals surface area (Å²) in [7, 11) is 0. The van der Waals surface area contributed by atoms with Gasteiger partial charge >= 0.3 is 0 Å². The Hall–Kier alpha value is -0.450. The summed E-state index contributed by atoms with van der Waals surface area (Å²) in [4.78, 5) is 6.56. The fraction of sp³-hybridized carbons (Fsp3) is 0.812. The molecule has 20 heavy (non-hydrogen) atoms. The van der Waals surface area contributed by atoms with E-state index < -0.39 is 0 Å². The normalized spacial score (nSPS) is 25.9. The number of aromatic nitrogens is 1. The van der Waals surface area contributed by atoms with Crippen molar-refractivity contribution >= 4 is 11.3 Å². The van der Waals surface area contributed by atoms with Gasteiger partial charge in [-0.25, -0.2) is 4.98 Å². The van der Waals surface area contributed by atoms with Crippen molar-refractivity contribution in [2.45, 2.75) is 51.4 Å². The molecule has 0 saturated carbocycles. The highest BCUT2D eigenvalue weighted by atomic mass is 32.1. The minimum Gasteiger partial charge on any atom is -0.381 e. The Morgan fingerprint density at radius 2 is 2.35 bits per heavy atom. The summed E-state index contributed by atoms with van der Waals surface area (Å²) in [5.41, 5.74) is 1.42. The zero-order valence-electron chi connectivity index (χ0n) is 12.5. The lowest BCUT2D eigenvalue weighted by Gasteiger charge is -2.21. The van der Waals surface area contributed by atoms with Crippen LogP contribution in [0.25, 0.3) is 0 Å². The van der Waals surface area contributed by atoms with Gasteiger partial charge in [0.2, 0.25) is 0 Å². The van der Waals surface area contributed by atoms with Crippen molar-refractivity contribution in [2.24, 2.45) is 5.92 Å². The Kier molecular flexibility index (Phi) is 5.08. The van der Waals surface area contributed by atoms with E-state index in [0.29, 0.717) is 11.8 Å². The largest absolute Gasteiger partial charge is 0.381 e. The third-order valence-corrected chi connectivity index (χ3v) is 5.57. The molecule has 2 heterocycles. The standard InChI is InChI=1S/C16H26N2OS/c1-2-7-17-10-13-4-3-5-14-16(13)18-15(20-14)9-12-6-8-19-11-12/h12-13,17H,2-11H2,1H3. The molecule has 1 fully saturated rings. The number of nitrogens with one attached hydrogen (secondary N) is 1. The second-order valence-electron chi connectivity index (χ2n) is 6.14. The lowest BCUT2D eigenvalue weighted by molar-refractivity contribution is 0.186. The topological polar surface area (TPSA) is 34.1 Å². The van der Waals surface area contributed by atoms with Gasteiger partial charge in [-0.05, 0) is 44.6 Å². The number of hydrogen-bond donors (Lipinski definition) is 1. The van der Waals surface area contributed by atoms with Crippen molar-refractivity contribution in [3.8, 4) is 0 Å². The molecule has 0 radical (unpaired) electrons. The molecule has 2 unspecified atom stereocenters. The predicted octanol–water partition coefficient (Wildman–Crippen LogP) is 3.14. The second-order valence-corrected chi connectivity index (χ2v) is 7.31. The Morgan fingerprint density at radius 1 is 1.40 bits per heavy atom. The molecule has 1 aliphatic heterocycles. The summed E-state index contributed by atoms with van der Waals surface area (Å²) in [5.74, 6) is 1.36. The summed E-state index contributed by atoms with van der Waals surface area (Å²) < 4.78 is 5.48. The second kappa shape index (κ2) is 7.01. The van der Waals surface area contributed by atoms with Gasteiger partial charge in [0.05, 0.1) is 10.7 Å². The van der Waals surface area contributed by atoms with E-state index in [9.17, 15) is 0 Å². The molecule has 0 aromatic carbocycles. The number of ether oxygens (including phenoxy) is 1. The maximum atomic E-state index is 5.48. The maximum absolute atomic E-state index is 5.48. The molecule has 1 aliphatic carbocycles. The first-order valence-electron chi connectivity index (χ1n) is 8.13.